The predicted molar refractivity (Wildman–Crippen MR) is 126 cm³/mol. The highest BCUT2D eigenvalue weighted by Gasteiger charge is 2.23. The van der Waals surface area contributed by atoms with Gasteiger partial charge in [0.1, 0.15) is 17.7 Å². The lowest BCUT2D eigenvalue weighted by Gasteiger charge is -2.31. The van der Waals surface area contributed by atoms with Crippen molar-refractivity contribution in [2.75, 3.05) is 38.4 Å². The molecule has 0 saturated carbocycles. The molecule has 0 amide bonds. The Morgan fingerprint density at radius 1 is 1.27 bits per heavy atom. The summed E-state index contributed by atoms with van der Waals surface area (Å²) in [5.41, 5.74) is 2.97. The molecular weight excluding hydrogens is 396 g/mol. The Hall–Kier alpha value is -2.12. The molecule has 1 aromatic heterocycles. The molecule has 1 saturated heterocycles. The highest BCUT2D eigenvalue weighted by Crippen LogP contribution is 2.31. The summed E-state index contributed by atoms with van der Waals surface area (Å²) >= 11 is 1.61. The van der Waals surface area contributed by atoms with Crippen molar-refractivity contribution in [1.29, 1.82) is 0 Å². The lowest BCUT2D eigenvalue weighted by molar-refractivity contribution is -0.111. The van der Waals surface area contributed by atoms with Crippen molar-refractivity contribution < 1.29 is 9.53 Å². The third kappa shape index (κ3) is 6.99. The zero-order valence-electron chi connectivity index (χ0n) is 18.6. The van der Waals surface area contributed by atoms with Gasteiger partial charge in [0.2, 0.25) is 0 Å². The molecule has 0 aliphatic carbocycles. The van der Waals surface area contributed by atoms with Crippen LogP contribution in [0.1, 0.15) is 38.3 Å². The second kappa shape index (κ2) is 13.2. The molecule has 164 valence electrons. The minimum absolute atomic E-state index is 0.173. The molecule has 3 rings (SSSR count). The minimum atomic E-state index is 0.173. The van der Waals surface area contributed by atoms with Gasteiger partial charge in [-0.15, -0.1) is 0 Å². The largest absolute Gasteiger partial charge is 0.497 e. The summed E-state index contributed by atoms with van der Waals surface area (Å²) in [5.74, 6) is 1.94. The average Bonchev–Trinajstić information content (AvgIpc) is 2.83. The number of aromatic nitrogens is 2. The van der Waals surface area contributed by atoms with Crippen molar-refractivity contribution in [3.05, 3.63) is 36.2 Å². The van der Waals surface area contributed by atoms with Crippen LogP contribution in [0.5, 0.6) is 5.75 Å². The number of methoxy groups -OCH3 is 1. The number of aryl methyl sites for hydroxylation is 1. The van der Waals surface area contributed by atoms with Crippen LogP contribution in [0.4, 0.5) is 5.82 Å². The van der Waals surface area contributed by atoms with Gasteiger partial charge in [-0.05, 0) is 63.3 Å². The Morgan fingerprint density at radius 3 is 2.47 bits per heavy atom. The van der Waals surface area contributed by atoms with Crippen molar-refractivity contribution in [3.63, 3.8) is 0 Å². The van der Waals surface area contributed by atoms with Crippen molar-refractivity contribution in [2.24, 2.45) is 5.92 Å². The van der Waals surface area contributed by atoms with E-state index >= 15 is 0 Å². The standard InChI is InChI=1S/C21H27N3O2.C2H7NS/c1-3-4-5-18-14-22-20(17-6-8-19(26-2)9-7-17)21(23-18)24-12-10-16(15-25)11-13-24;1-3-4-2/h6-9,14-16H,3-5,10-13H2,1-2H3;3H,1-2H3. The molecule has 0 atom stereocenters. The van der Waals surface area contributed by atoms with Crippen LogP contribution < -0.4 is 14.4 Å². The van der Waals surface area contributed by atoms with Crippen molar-refractivity contribution >= 4 is 24.1 Å². The summed E-state index contributed by atoms with van der Waals surface area (Å²) in [4.78, 5) is 23.1. The number of hydrogen-bond acceptors (Lipinski definition) is 7. The second-order valence-electron chi connectivity index (χ2n) is 7.23. The van der Waals surface area contributed by atoms with Crippen molar-refractivity contribution in [1.82, 2.24) is 14.7 Å². The van der Waals surface area contributed by atoms with Crippen LogP contribution in [0.3, 0.4) is 0 Å². The van der Waals surface area contributed by atoms with E-state index in [0.717, 1.165) is 80.0 Å². The number of nitrogens with zero attached hydrogens (tertiary/aromatic N) is 3. The van der Waals surface area contributed by atoms with Gasteiger partial charge in [-0.1, -0.05) is 25.3 Å². The number of benzene rings is 1. The maximum absolute atomic E-state index is 11.1. The number of carbonyl (C=O) groups is 1. The van der Waals surface area contributed by atoms with Gasteiger partial charge in [0.05, 0.1) is 12.8 Å². The van der Waals surface area contributed by atoms with Crippen molar-refractivity contribution in [2.45, 2.75) is 39.0 Å². The Morgan fingerprint density at radius 2 is 1.93 bits per heavy atom. The fourth-order valence-electron chi connectivity index (χ4n) is 3.31. The van der Waals surface area contributed by atoms with Crippen molar-refractivity contribution in [3.8, 4) is 17.0 Å². The monoisotopic (exact) mass is 430 g/mol. The molecule has 1 aliphatic heterocycles. The Labute approximate surface area is 185 Å². The molecule has 1 aromatic carbocycles. The summed E-state index contributed by atoms with van der Waals surface area (Å²) in [6.45, 7) is 3.88. The first-order chi connectivity index (χ1) is 14.7. The molecule has 30 heavy (non-hydrogen) atoms. The maximum Gasteiger partial charge on any atom is 0.155 e. The molecule has 1 N–H and O–H groups in total. The zero-order valence-corrected chi connectivity index (χ0v) is 19.4. The number of ether oxygens (including phenoxy) is 1. The fourth-order valence-corrected chi connectivity index (χ4v) is 3.31. The lowest BCUT2D eigenvalue weighted by Crippen LogP contribution is -2.35. The topological polar surface area (TPSA) is 67.3 Å². The number of anilines is 1. The van der Waals surface area contributed by atoms with Crippen LogP contribution in [-0.2, 0) is 11.2 Å². The average molecular weight is 431 g/mol. The second-order valence-corrected chi connectivity index (χ2v) is 8.05. The molecule has 0 radical (unpaired) electrons. The number of rotatable bonds is 8. The third-order valence-electron chi connectivity index (χ3n) is 5.19. The molecule has 6 nitrogen and oxygen atoms in total. The van der Waals surface area contributed by atoms with Gasteiger partial charge in [0.25, 0.3) is 0 Å². The van der Waals surface area contributed by atoms with Crippen LogP contribution in [0, 0.1) is 5.92 Å². The van der Waals surface area contributed by atoms with Gasteiger partial charge in [0, 0.05) is 30.8 Å². The van der Waals surface area contributed by atoms with E-state index in [9.17, 15) is 4.79 Å². The van der Waals surface area contributed by atoms with Crippen LogP contribution in [0.25, 0.3) is 11.3 Å². The minimum Gasteiger partial charge on any atom is -0.497 e. The molecule has 0 unspecified atom stereocenters. The number of hydrogen-bond donors (Lipinski definition) is 1. The van der Waals surface area contributed by atoms with Gasteiger partial charge in [-0.3, -0.25) is 9.71 Å². The smallest absolute Gasteiger partial charge is 0.155 e. The number of nitrogens with one attached hydrogen (secondary N) is 1. The maximum atomic E-state index is 11.1. The van der Waals surface area contributed by atoms with Gasteiger partial charge >= 0.3 is 0 Å². The normalized spacial score (nSPS) is 14.1. The molecule has 2 aromatic rings. The SMILES string of the molecule is CCCCc1cnc(-c2ccc(OC)cc2)c(N2CCC(C=O)CC2)n1.CNSC. The van der Waals surface area contributed by atoms with Crippen LogP contribution in [0.2, 0.25) is 0 Å². The Balaban J connectivity index is 0.000000735. The first-order valence-corrected chi connectivity index (χ1v) is 11.8. The van der Waals surface area contributed by atoms with Crippen LogP contribution in [0.15, 0.2) is 30.5 Å². The van der Waals surface area contributed by atoms with E-state index in [1.165, 1.54) is 0 Å². The number of piperidine rings is 1. The van der Waals surface area contributed by atoms with Gasteiger partial charge in [-0.25, -0.2) is 4.98 Å². The van der Waals surface area contributed by atoms with E-state index in [1.54, 1.807) is 19.1 Å². The Kier molecular flexibility index (Phi) is 10.7. The molecule has 1 aliphatic rings. The van der Waals surface area contributed by atoms with E-state index in [1.807, 2.05) is 43.8 Å². The van der Waals surface area contributed by atoms with Gasteiger partial charge < -0.3 is 14.4 Å². The first kappa shape index (κ1) is 24.2. The van der Waals surface area contributed by atoms with E-state index in [-0.39, 0.29) is 5.92 Å². The molecule has 2 heterocycles. The highest BCUT2D eigenvalue weighted by atomic mass is 32.2. The number of unbranched alkanes of at least 4 members (excludes halogenated alkanes) is 1. The molecule has 0 bridgehead atoms. The predicted octanol–water partition coefficient (Wildman–Crippen LogP) is 4.39. The molecule has 0 spiro atoms. The molecule has 1 fully saturated rings. The van der Waals surface area contributed by atoms with Crippen LogP contribution in [-0.4, -0.2) is 49.8 Å². The van der Waals surface area contributed by atoms with E-state index in [2.05, 4.69) is 16.5 Å². The number of carbonyl (C=O) groups excluding carboxylic acids is 1. The quantitative estimate of drug-likeness (QED) is 0.492. The third-order valence-corrected chi connectivity index (χ3v) is 5.60. The Bertz CT molecular complexity index is 760. The van der Waals surface area contributed by atoms with E-state index in [4.69, 9.17) is 14.7 Å². The summed E-state index contributed by atoms with van der Waals surface area (Å²) < 4.78 is 8.11. The number of aldehydes is 1. The van der Waals surface area contributed by atoms with E-state index < -0.39 is 0 Å². The summed E-state index contributed by atoms with van der Waals surface area (Å²) in [5, 5.41) is 0. The summed E-state index contributed by atoms with van der Waals surface area (Å²) in [6, 6.07) is 7.95. The van der Waals surface area contributed by atoms with Crippen LogP contribution >= 0.6 is 11.9 Å². The summed E-state index contributed by atoms with van der Waals surface area (Å²) in [7, 11) is 3.56. The summed E-state index contributed by atoms with van der Waals surface area (Å²) in [6.07, 6.45) is 9.94. The first-order valence-electron chi connectivity index (χ1n) is 10.6. The molecule has 7 heteroatoms. The van der Waals surface area contributed by atoms with Gasteiger partial charge in [0.15, 0.2) is 5.82 Å². The van der Waals surface area contributed by atoms with E-state index in [0.29, 0.717) is 0 Å². The lowest BCUT2D eigenvalue weighted by atomic mass is 9.98. The zero-order chi connectivity index (χ0) is 21.8. The molecular formula is C23H34N4O2S. The van der Waals surface area contributed by atoms with Gasteiger partial charge in [-0.2, -0.15) is 0 Å². The fraction of sp³-hybridized carbons (Fsp3) is 0.522. The highest BCUT2D eigenvalue weighted by molar-refractivity contribution is 7.96.